The largest absolute Gasteiger partial charge is 0.484 e. The molecule has 0 saturated heterocycles. The molecule has 2 rings (SSSR count). The minimum Gasteiger partial charge on any atom is -0.484 e. The Hall–Kier alpha value is -1.95. The van der Waals surface area contributed by atoms with Gasteiger partial charge >= 0.3 is 0 Å². The average molecular weight is 319 g/mol. The van der Waals surface area contributed by atoms with E-state index in [9.17, 15) is 4.79 Å². The van der Waals surface area contributed by atoms with Gasteiger partial charge in [0, 0.05) is 6.42 Å². The van der Waals surface area contributed by atoms with Crippen LogP contribution in [0.15, 0.2) is 30.3 Å². The van der Waals surface area contributed by atoms with E-state index in [4.69, 9.17) is 4.74 Å². The molecule has 0 aliphatic carbocycles. The summed E-state index contributed by atoms with van der Waals surface area (Å²) in [5, 5.41) is 12.3. The van der Waals surface area contributed by atoms with E-state index in [0.717, 1.165) is 17.8 Å². The van der Waals surface area contributed by atoms with Crippen molar-refractivity contribution >= 4 is 22.4 Å². The Morgan fingerprint density at radius 1 is 1.18 bits per heavy atom. The number of carbonyl (C=O) groups excluding carboxylic acids is 1. The van der Waals surface area contributed by atoms with Gasteiger partial charge < -0.3 is 4.74 Å². The van der Waals surface area contributed by atoms with Crippen molar-refractivity contribution in [3.63, 3.8) is 0 Å². The smallest absolute Gasteiger partial charge is 0.264 e. The van der Waals surface area contributed by atoms with Gasteiger partial charge in [-0.1, -0.05) is 55.7 Å². The number of benzene rings is 1. The van der Waals surface area contributed by atoms with Crippen LogP contribution in [0.2, 0.25) is 0 Å². The number of anilines is 1. The molecule has 2 aromatic rings. The SMILES string of the molecule is CCCCCCc1nnc(NC(=O)COc2ccccc2)s1. The second-order valence-corrected chi connectivity index (χ2v) is 6.02. The molecule has 0 aliphatic heterocycles. The standard InChI is InChI=1S/C16H21N3O2S/c1-2-3-4-8-11-15-18-19-16(22-15)17-14(20)12-21-13-9-6-5-7-10-13/h5-7,9-10H,2-4,8,11-12H2,1H3,(H,17,19,20). The third-order valence-electron chi connectivity index (χ3n) is 3.07. The van der Waals surface area contributed by atoms with E-state index in [0.29, 0.717) is 10.9 Å². The zero-order chi connectivity index (χ0) is 15.6. The molecule has 1 N–H and O–H groups in total. The van der Waals surface area contributed by atoms with Gasteiger partial charge in [-0.25, -0.2) is 0 Å². The number of nitrogens with one attached hydrogen (secondary N) is 1. The monoisotopic (exact) mass is 319 g/mol. The third-order valence-corrected chi connectivity index (χ3v) is 3.97. The number of amides is 1. The number of hydrogen-bond donors (Lipinski definition) is 1. The van der Waals surface area contributed by atoms with Crippen molar-refractivity contribution in [2.45, 2.75) is 39.0 Å². The number of carbonyl (C=O) groups is 1. The molecule has 5 nitrogen and oxygen atoms in total. The summed E-state index contributed by atoms with van der Waals surface area (Å²) in [5.74, 6) is 0.448. The molecule has 0 bridgehead atoms. The Balaban J connectivity index is 1.71. The van der Waals surface area contributed by atoms with Crippen molar-refractivity contribution in [2.24, 2.45) is 0 Å². The number of hydrogen-bond acceptors (Lipinski definition) is 5. The molecule has 6 heteroatoms. The lowest BCUT2D eigenvalue weighted by molar-refractivity contribution is -0.118. The van der Waals surface area contributed by atoms with Crippen molar-refractivity contribution < 1.29 is 9.53 Å². The maximum Gasteiger partial charge on any atom is 0.264 e. The zero-order valence-electron chi connectivity index (χ0n) is 12.7. The fourth-order valence-corrected chi connectivity index (χ4v) is 2.73. The Labute approximate surface area is 134 Å². The summed E-state index contributed by atoms with van der Waals surface area (Å²) in [7, 11) is 0. The highest BCUT2D eigenvalue weighted by Crippen LogP contribution is 2.17. The third kappa shape index (κ3) is 5.81. The second-order valence-electron chi connectivity index (χ2n) is 4.96. The van der Waals surface area contributed by atoms with Crippen LogP contribution in [0.25, 0.3) is 0 Å². The highest BCUT2D eigenvalue weighted by molar-refractivity contribution is 7.15. The van der Waals surface area contributed by atoms with Gasteiger partial charge in [0.2, 0.25) is 5.13 Å². The van der Waals surface area contributed by atoms with Crippen LogP contribution in [0.5, 0.6) is 5.75 Å². The first kappa shape index (κ1) is 16.4. The Morgan fingerprint density at radius 2 is 2.00 bits per heavy atom. The molecule has 0 unspecified atom stereocenters. The molecule has 22 heavy (non-hydrogen) atoms. The molecule has 0 spiro atoms. The molecule has 1 amide bonds. The molecule has 0 saturated carbocycles. The van der Waals surface area contributed by atoms with Gasteiger partial charge in [0.15, 0.2) is 6.61 Å². The normalized spacial score (nSPS) is 10.4. The highest BCUT2D eigenvalue weighted by Gasteiger charge is 2.08. The number of aryl methyl sites for hydroxylation is 1. The Kier molecular flexibility index (Phi) is 6.83. The van der Waals surface area contributed by atoms with E-state index in [-0.39, 0.29) is 12.5 Å². The predicted octanol–water partition coefficient (Wildman–Crippen LogP) is 3.68. The van der Waals surface area contributed by atoms with Crippen molar-refractivity contribution in [3.05, 3.63) is 35.3 Å². The van der Waals surface area contributed by atoms with Crippen molar-refractivity contribution in [3.8, 4) is 5.75 Å². The predicted molar refractivity (Wildman–Crippen MR) is 88.3 cm³/mol. The van der Waals surface area contributed by atoms with E-state index >= 15 is 0 Å². The molecule has 118 valence electrons. The summed E-state index contributed by atoms with van der Waals surface area (Å²) in [4.78, 5) is 11.8. The molecular weight excluding hydrogens is 298 g/mol. The molecule has 0 aliphatic rings. The summed E-state index contributed by atoms with van der Waals surface area (Å²) in [6, 6.07) is 9.25. The first-order valence-corrected chi connectivity index (χ1v) is 8.39. The quantitative estimate of drug-likeness (QED) is 0.716. The summed E-state index contributed by atoms with van der Waals surface area (Å²) in [6.45, 7) is 2.16. The number of unbranched alkanes of at least 4 members (excludes halogenated alkanes) is 3. The lowest BCUT2D eigenvalue weighted by atomic mass is 10.2. The lowest BCUT2D eigenvalue weighted by Gasteiger charge is -2.04. The van der Waals surface area contributed by atoms with E-state index in [1.807, 2.05) is 30.3 Å². The highest BCUT2D eigenvalue weighted by atomic mass is 32.1. The number of para-hydroxylation sites is 1. The average Bonchev–Trinajstić information content (AvgIpc) is 2.98. The summed E-state index contributed by atoms with van der Waals surface area (Å²) in [5.41, 5.74) is 0. The lowest BCUT2D eigenvalue weighted by Crippen LogP contribution is -2.20. The fourth-order valence-electron chi connectivity index (χ4n) is 1.93. The zero-order valence-corrected chi connectivity index (χ0v) is 13.6. The first-order valence-electron chi connectivity index (χ1n) is 7.58. The van der Waals surface area contributed by atoms with E-state index in [1.165, 1.54) is 30.6 Å². The summed E-state index contributed by atoms with van der Waals surface area (Å²) in [6.07, 6.45) is 5.72. The van der Waals surface area contributed by atoms with Crippen molar-refractivity contribution in [1.29, 1.82) is 0 Å². The van der Waals surface area contributed by atoms with Gasteiger partial charge in [0.25, 0.3) is 5.91 Å². The molecule has 1 aromatic carbocycles. The second kappa shape index (κ2) is 9.15. The summed E-state index contributed by atoms with van der Waals surface area (Å²) >= 11 is 1.43. The maximum atomic E-state index is 11.8. The molecule has 0 radical (unpaired) electrons. The first-order chi connectivity index (χ1) is 10.8. The van der Waals surface area contributed by atoms with Crippen LogP contribution in [0, 0.1) is 0 Å². The van der Waals surface area contributed by atoms with Crippen LogP contribution in [-0.4, -0.2) is 22.7 Å². The molecule has 1 aromatic heterocycles. The van der Waals surface area contributed by atoms with E-state index in [1.54, 1.807) is 0 Å². The number of nitrogens with zero attached hydrogens (tertiary/aromatic N) is 2. The van der Waals surface area contributed by atoms with E-state index < -0.39 is 0 Å². The summed E-state index contributed by atoms with van der Waals surface area (Å²) < 4.78 is 5.38. The van der Waals surface area contributed by atoms with Crippen LogP contribution < -0.4 is 10.1 Å². The fraction of sp³-hybridized carbons (Fsp3) is 0.438. The molecule has 1 heterocycles. The van der Waals surface area contributed by atoms with Gasteiger partial charge in [-0.2, -0.15) is 0 Å². The van der Waals surface area contributed by atoms with Crippen molar-refractivity contribution in [1.82, 2.24) is 10.2 Å². The molecule has 0 fully saturated rings. The van der Waals surface area contributed by atoms with Crippen LogP contribution in [0.1, 0.15) is 37.6 Å². The van der Waals surface area contributed by atoms with Gasteiger partial charge in [0.05, 0.1) is 0 Å². The van der Waals surface area contributed by atoms with Gasteiger partial charge in [0.1, 0.15) is 10.8 Å². The number of ether oxygens (including phenoxy) is 1. The maximum absolute atomic E-state index is 11.8. The van der Waals surface area contributed by atoms with Crippen molar-refractivity contribution in [2.75, 3.05) is 11.9 Å². The topological polar surface area (TPSA) is 64.1 Å². The number of aromatic nitrogens is 2. The Morgan fingerprint density at radius 3 is 2.77 bits per heavy atom. The van der Waals surface area contributed by atoms with Crippen LogP contribution in [0.3, 0.4) is 0 Å². The molecule has 0 atom stereocenters. The van der Waals surface area contributed by atoms with Crippen LogP contribution in [-0.2, 0) is 11.2 Å². The minimum absolute atomic E-state index is 0.0323. The number of rotatable bonds is 9. The van der Waals surface area contributed by atoms with Gasteiger partial charge in [-0.3, -0.25) is 10.1 Å². The molecular formula is C16H21N3O2S. The minimum atomic E-state index is -0.225. The van der Waals surface area contributed by atoms with E-state index in [2.05, 4.69) is 22.4 Å². The van der Waals surface area contributed by atoms with Gasteiger partial charge in [-0.15, -0.1) is 10.2 Å². The van der Waals surface area contributed by atoms with Gasteiger partial charge in [-0.05, 0) is 18.6 Å². The van der Waals surface area contributed by atoms with Crippen LogP contribution in [0.4, 0.5) is 5.13 Å². The Bertz CT molecular complexity index is 572. The van der Waals surface area contributed by atoms with Crippen LogP contribution >= 0.6 is 11.3 Å².